The normalized spacial score (nSPS) is 14.0. The van der Waals surface area contributed by atoms with Crippen LogP contribution in [0.2, 0.25) is 0 Å². The molecule has 21 heavy (non-hydrogen) atoms. The minimum absolute atomic E-state index is 0.0114. The van der Waals surface area contributed by atoms with Gasteiger partial charge in [0.25, 0.3) is 0 Å². The highest BCUT2D eigenvalue weighted by atomic mass is 16.5. The molecule has 0 saturated heterocycles. The Morgan fingerprint density at radius 3 is 2.33 bits per heavy atom. The average molecular weight is 285 g/mol. The molecule has 0 fully saturated rings. The summed E-state index contributed by atoms with van der Waals surface area (Å²) in [5.74, 6) is 0.880. The molecule has 3 heteroatoms. The molecule has 1 N–H and O–H groups in total. The van der Waals surface area contributed by atoms with Crippen LogP contribution in [0.4, 0.5) is 0 Å². The SMILES string of the molecule is COc1ccccc1CN(C)[C@H](C)[C@H](O)c1ccccc1. The summed E-state index contributed by atoms with van der Waals surface area (Å²) in [6, 6.07) is 17.8. The zero-order chi connectivity index (χ0) is 15.2. The van der Waals surface area contributed by atoms with Crippen LogP contribution in [0.15, 0.2) is 54.6 Å². The van der Waals surface area contributed by atoms with Gasteiger partial charge >= 0.3 is 0 Å². The molecule has 0 aromatic heterocycles. The van der Waals surface area contributed by atoms with Crippen molar-refractivity contribution >= 4 is 0 Å². The molecule has 0 spiro atoms. The van der Waals surface area contributed by atoms with E-state index in [1.54, 1.807) is 7.11 Å². The van der Waals surface area contributed by atoms with Crippen molar-refractivity contribution in [3.8, 4) is 5.75 Å². The molecule has 0 aliphatic carbocycles. The molecule has 0 aliphatic heterocycles. The Kier molecular flexibility index (Phi) is 5.37. The van der Waals surface area contributed by atoms with Crippen molar-refractivity contribution in [1.82, 2.24) is 4.90 Å². The van der Waals surface area contributed by atoms with Gasteiger partial charge in [0.1, 0.15) is 5.75 Å². The summed E-state index contributed by atoms with van der Waals surface area (Å²) in [4.78, 5) is 2.13. The lowest BCUT2D eigenvalue weighted by molar-refractivity contribution is 0.0684. The first-order valence-corrected chi connectivity index (χ1v) is 7.18. The average Bonchev–Trinajstić information content (AvgIpc) is 2.54. The highest BCUT2D eigenvalue weighted by molar-refractivity contribution is 5.33. The van der Waals surface area contributed by atoms with Gasteiger partial charge in [-0.2, -0.15) is 0 Å². The number of hydrogen-bond donors (Lipinski definition) is 1. The van der Waals surface area contributed by atoms with E-state index in [0.717, 1.165) is 23.4 Å². The molecule has 0 saturated carbocycles. The number of rotatable bonds is 6. The molecule has 0 aliphatic rings. The van der Waals surface area contributed by atoms with Gasteiger partial charge < -0.3 is 9.84 Å². The predicted octanol–water partition coefficient (Wildman–Crippen LogP) is 3.25. The first-order chi connectivity index (χ1) is 10.1. The molecule has 2 aromatic carbocycles. The molecular weight excluding hydrogens is 262 g/mol. The van der Waals surface area contributed by atoms with Crippen LogP contribution in [-0.2, 0) is 6.54 Å². The fraction of sp³-hybridized carbons (Fsp3) is 0.333. The number of aliphatic hydroxyl groups excluding tert-OH is 1. The number of benzene rings is 2. The summed E-state index contributed by atoms with van der Waals surface area (Å²) in [5.41, 5.74) is 2.06. The highest BCUT2D eigenvalue weighted by Crippen LogP contribution is 2.24. The molecule has 0 radical (unpaired) electrons. The summed E-state index contributed by atoms with van der Waals surface area (Å²) in [6.07, 6.45) is -0.508. The number of methoxy groups -OCH3 is 1. The Balaban J connectivity index is 2.07. The maximum atomic E-state index is 10.5. The van der Waals surface area contributed by atoms with Crippen LogP contribution >= 0.6 is 0 Å². The second-order valence-electron chi connectivity index (χ2n) is 5.32. The third-order valence-electron chi connectivity index (χ3n) is 3.91. The van der Waals surface area contributed by atoms with Crippen LogP contribution in [0.3, 0.4) is 0 Å². The summed E-state index contributed by atoms with van der Waals surface area (Å²) < 4.78 is 5.38. The lowest BCUT2D eigenvalue weighted by Crippen LogP contribution is -2.34. The van der Waals surface area contributed by atoms with Crippen LogP contribution in [0.1, 0.15) is 24.2 Å². The smallest absolute Gasteiger partial charge is 0.123 e. The predicted molar refractivity (Wildman–Crippen MR) is 85.3 cm³/mol. The van der Waals surface area contributed by atoms with Crippen molar-refractivity contribution in [2.75, 3.05) is 14.2 Å². The van der Waals surface area contributed by atoms with E-state index in [9.17, 15) is 5.11 Å². The van der Waals surface area contributed by atoms with Crippen LogP contribution < -0.4 is 4.74 Å². The minimum atomic E-state index is -0.508. The van der Waals surface area contributed by atoms with Crippen molar-refractivity contribution in [2.24, 2.45) is 0 Å². The third kappa shape index (κ3) is 3.84. The van der Waals surface area contributed by atoms with Gasteiger partial charge in [-0.1, -0.05) is 48.5 Å². The van der Waals surface area contributed by atoms with Crippen molar-refractivity contribution in [3.63, 3.8) is 0 Å². The maximum absolute atomic E-state index is 10.5. The van der Waals surface area contributed by atoms with E-state index in [0.29, 0.717) is 0 Å². The third-order valence-corrected chi connectivity index (χ3v) is 3.91. The van der Waals surface area contributed by atoms with E-state index in [-0.39, 0.29) is 6.04 Å². The van der Waals surface area contributed by atoms with E-state index in [4.69, 9.17) is 4.74 Å². The fourth-order valence-electron chi connectivity index (χ4n) is 2.42. The highest BCUT2D eigenvalue weighted by Gasteiger charge is 2.21. The van der Waals surface area contributed by atoms with Crippen LogP contribution in [0.5, 0.6) is 5.75 Å². The number of para-hydroxylation sites is 1. The standard InChI is InChI=1S/C18H23NO2/c1-14(18(20)15-9-5-4-6-10-15)19(2)13-16-11-7-8-12-17(16)21-3/h4-12,14,18,20H,13H2,1-3H3/t14-,18+/m1/s1. The second-order valence-corrected chi connectivity index (χ2v) is 5.32. The minimum Gasteiger partial charge on any atom is -0.496 e. The topological polar surface area (TPSA) is 32.7 Å². The Hall–Kier alpha value is -1.84. The molecule has 3 nitrogen and oxygen atoms in total. The van der Waals surface area contributed by atoms with Crippen molar-refractivity contribution in [2.45, 2.75) is 25.6 Å². The molecule has 112 valence electrons. The van der Waals surface area contributed by atoms with Gasteiger partial charge in [0, 0.05) is 18.2 Å². The van der Waals surface area contributed by atoms with Gasteiger partial charge in [0.05, 0.1) is 13.2 Å². The van der Waals surface area contributed by atoms with E-state index < -0.39 is 6.10 Å². The first kappa shape index (κ1) is 15.5. The zero-order valence-corrected chi connectivity index (χ0v) is 12.9. The number of hydrogen-bond acceptors (Lipinski definition) is 3. The van der Waals surface area contributed by atoms with Gasteiger partial charge in [-0.25, -0.2) is 0 Å². The van der Waals surface area contributed by atoms with E-state index in [2.05, 4.69) is 11.0 Å². The first-order valence-electron chi connectivity index (χ1n) is 7.18. The fourth-order valence-corrected chi connectivity index (χ4v) is 2.42. The number of ether oxygens (including phenoxy) is 1. The Bertz CT molecular complexity index is 556. The molecule has 0 bridgehead atoms. The summed E-state index contributed by atoms with van der Waals surface area (Å²) in [5, 5.41) is 10.5. The van der Waals surface area contributed by atoms with Crippen LogP contribution in [-0.4, -0.2) is 30.2 Å². The Morgan fingerprint density at radius 2 is 1.67 bits per heavy atom. The molecule has 0 amide bonds. The van der Waals surface area contributed by atoms with E-state index in [1.165, 1.54) is 0 Å². The number of likely N-dealkylation sites (N-methyl/N-ethyl adjacent to an activating group) is 1. The van der Waals surface area contributed by atoms with Gasteiger partial charge in [-0.3, -0.25) is 4.90 Å². The molecule has 2 rings (SSSR count). The number of nitrogens with zero attached hydrogens (tertiary/aromatic N) is 1. The second kappa shape index (κ2) is 7.25. The molecule has 0 unspecified atom stereocenters. The lowest BCUT2D eigenvalue weighted by atomic mass is 10.0. The molecular formula is C18H23NO2. The number of aliphatic hydroxyl groups is 1. The maximum Gasteiger partial charge on any atom is 0.123 e. The van der Waals surface area contributed by atoms with Crippen molar-refractivity contribution in [3.05, 3.63) is 65.7 Å². The van der Waals surface area contributed by atoms with E-state index >= 15 is 0 Å². The summed E-state index contributed by atoms with van der Waals surface area (Å²) >= 11 is 0. The summed E-state index contributed by atoms with van der Waals surface area (Å²) in [7, 11) is 3.70. The van der Waals surface area contributed by atoms with Gasteiger partial charge in [-0.15, -0.1) is 0 Å². The summed E-state index contributed by atoms with van der Waals surface area (Å²) in [6.45, 7) is 2.77. The van der Waals surface area contributed by atoms with Gasteiger partial charge in [-0.05, 0) is 25.6 Å². The molecule has 2 aromatic rings. The molecule has 2 atom stereocenters. The van der Waals surface area contributed by atoms with Crippen molar-refractivity contribution in [1.29, 1.82) is 0 Å². The zero-order valence-electron chi connectivity index (χ0n) is 12.9. The molecule has 0 heterocycles. The van der Waals surface area contributed by atoms with Crippen molar-refractivity contribution < 1.29 is 9.84 Å². The van der Waals surface area contributed by atoms with Gasteiger partial charge in [0.15, 0.2) is 0 Å². The van der Waals surface area contributed by atoms with Crippen LogP contribution in [0, 0.1) is 0 Å². The Labute approximate surface area is 126 Å². The van der Waals surface area contributed by atoms with Crippen LogP contribution in [0.25, 0.3) is 0 Å². The van der Waals surface area contributed by atoms with Gasteiger partial charge in [0.2, 0.25) is 0 Å². The Morgan fingerprint density at radius 1 is 1.05 bits per heavy atom. The lowest BCUT2D eigenvalue weighted by Gasteiger charge is -2.29. The van der Waals surface area contributed by atoms with E-state index in [1.807, 2.05) is 62.5 Å². The monoisotopic (exact) mass is 285 g/mol. The quantitative estimate of drug-likeness (QED) is 0.884. The largest absolute Gasteiger partial charge is 0.496 e.